The number of halogens is 3. The molecule has 2 aliphatic heterocycles. The SMILES string of the molecule is N#Cc1cccc(C(=O)N2CC3(C2)OCCC3CCOCc2ccccn2)c1.O=C(O)C(F)(F)F. The predicted molar refractivity (Wildman–Crippen MR) is 116 cm³/mol. The molecule has 1 unspecified atom stereocenters. The van der Waals surface area contributed by atoms with Crippen LogP contribution in [0.3, 0.4) is 0 Å². The van der Waals surface area contributed by atoms with E-state index in [-0.39, 0.29) is 11.5 Å². The topological polar surface area (TPSA) is 113 Å². The number of rotatable bonds is 6. The van der Waals surface area contributed by atoms with Crippen LogP contribution in [0.25, 0.3) is 0 Å². The molecule has 0 saturated carbocycles. The number of aliphatic carboxylic acids is 1. The molecule has 2 fully saturated rings. The largest absolute Gasteiger partial charge is 0.490 e. The van der Waals surface area contributed by atoms with E-state index < -0.39 is 12.1 Å². The summed E-state index contributed by atoms with van der Waals surface area (Å²) in [6.45, 7) is 3.11. The van der Waals surface area contributed by atoms with Crippen LogP contribution in [0.15, 0.2) is 48.7 Å². The van der Waals surface area contributed by atoms with Crippen LogP contribution < -0.4 is 0 Å². The molecule has 1 aromatic carbocycles. The number of carbonyl (C=O) groups is 2. The number of pyridine rings is 1. The number of likely N-dealkylation sites (tertiary alicyclic amines) is 1. The summed E-state index contributed by atoms with van der Waals surface area (Å²) in [6, 6.07) is 14.7. The third kappa shape index (κ3) is 6.77. The van der Waals surface area contributed by atoms with E-state index in [2.05, 4.69) is 11.1 Å². The number of aromatic nitrogens is 1. The second-order valence-electron chi connectivity index (χ2n) is 8.22. The fourth-order valence-electron chi connectivity index (χ4n) is 4.08. The van der Waals surface area contributed by atoms with Crippen LogP contribution in [-0.4, -0.2) is 64.9 Å². The zero-order valence-electron chi connectivity index (χ0n) is 18.7. The maximum atomic E-state index is 12.7. The summed E-state index contributed by atoms with van der Waals surface area (Å²) in [5, 5.41) is 16.1. The van der Waals surface area contributed by atoms with E-state index in [4.69, 9.17) is 24.6 Å². The number of amides is 1. The van der Waals surface area contributed by atoms with E-state index >= 15 is 0 Å². The van der Waals surface area contributed by atoms with E-state index in [9.17, 15) is 18.0 Å². The Balaban J connectivity index is 0.000000429. The molecular formula is C24H24F3N3O5. The Kier molecular flexibility index (Phi) is 8.43. The van der Waals surface area contributed by atoms with Gasteiger partial charge in [-0.25, -0.2) is 4.79 Å². The number of nitrogens with zero attached hydrogens (tertiary/aromatic N) is 3. The minimum Gasteiger partial charge on any atom is -0.475 e. The Morgan fingerprint density at radius 3 is 2.63 bits per heavy atom. The summed E-state index contributed by atoms with van der Waals surface area (Å²) in [7, 11) is 0. The zero-order valence-corrected chi connectivity index (χ0v) is 18.7. The normalized spacial score (nSPS) is 18.2. The van der Waals surface area contributed by atoms with E-state index in [1.165, 1.54) is 0 Å². The molecule has 1 N–H and O–H groups in total. The summed E-state index contributed by atoms with van der Waals surface area (Å²) in [5.74, 6) is -2.40. The predicted octanol–water partition coefficient (Wildman–Crippen LogP) is 3.42. The Labute approximate surface area is 199 Å². The van der Waals surface area contributed by atoms with Crippen molar-refractivity contribution in [1.82, 2.24) is 9.88 Å². The van der Waals surface area contributed by atoms with Crippen LogP contribution in [0.1, 0.15) is 34.5 Å². The van der Waals surface area contributed by atoms with Crippen LogP contribution in [0.2, 0.25) is 0 Å². The van der Waals surface area contributed by atoms with Crippen LogP contribution in [-0.2, 0) is 20.9 Å². The molecule has 2 aromatic rings. The number of carboxylic acids is 1. The van der Waals surface area contributed by atoms with Crippen molar-refractivity contribution < 1.29 is 37.3 Å². The van der Waals surface area contributed by atoms with Gasteiger partial charge in [0.05, 0.1) is 37.0 Å². The lowest BCUT2D eigenvalue weighted by Gasteiger charge is -2.50. The van der Waals surface area contributed by atoms with Crippen molar-refractivity contribution in [2.24, 2.45) is 5.92 Å². The van der Waals surface area contributed by atoms with Crippen molar-refractivity contribution >= 4 is 11.9 Å². The molecule has 3 heterocycles. The average molecular weight is 491 g/mol. The molecule has 0 aliphatic carbocycles. The number of ether oxygens (including phenoxy) is 2. The number of alkyl halides is 3. The van der Waals surface area contributed by atoms with Crippen molar-refractivity contribution in [3.63, 3.8) is 0 Å². The summed E-state index contributed by atoms with van der Waals surface area (Å²) in [6.07, 6.45) is -1.40. The minimum absolute atomic E-state index is 0.0385. The van der Waals surface area contributed by atoms with Gasteiger partial charge in [0.15, 0.2) is 0 Å². The average Bonchev–Trinajstić information content (AvgIpc) is 3.25. The van der Waals surface area contributed by atoms with E-state index in [1.54, 1.807) is 30.5 Å². The molecule has 8 nitrogen and oxygen atoms in total. The van der Waals surface area contributed by atoms with Gasteiger partial charge < -0.3 is 19.5 Å². The monoisotopic (exact) mass is 491 g/mol. The molecule has 1 spiro atoms. The van der Waals surface area contributed by atoms with Crippen molar-refractivity contribution in [2.45, 2.75) is 31.2 Å². The molecule has 0 radical (unpaired) electrons. The number of benzene rings is 1. The third-order valence-corrected chi connectivity index (χ3v) is 5.87. The molecule has 2 aliphatic rings. The standard InChI is InChI=1S/C22H23N3O3.C2HF3O2/c23-13-17-4-3-5-18(12-17)21(26)25-15-22(16-25)19(8-11-28-22)7-10-27-14-20-6-1-2-9-24-20;3-2(4,5)1(6)7/h1-6,9,12,19H,7-8,10-11,14-16H2;(H,6,7). The highest BCUT2D eigenvalue weighted by Crippen LogP contribution is 2.42. The first-order chi connectivity index (χ1) is 16.6. The van der Waals surface area contributed by atoms with Gasteiger partial charge in [-0.15, -0.1) is 0 Å². The molecule has 1 atom stereocenters. The quantitative estimate of drug-likeness (QED) is 0.616. The summed E-state index contributed by atoms with van der Waals surface area (Å²) < 4.78 is 43.6. The Morgan fingerprint density at radius 1 is 1.26 bits per heavy atom. The number of carboxylic acid groups (broad SMARTS) is 1. The van der Waals surface area contributed by atoms with Crippen LogP contribution in [0.5, 0.6) is 0 Å². The van der Waals surface area contributed by atoms with Crippen molar-refractivity contribution in [1.29, 1.82) is 5.26 Å². The molecule has 11 heteroatoms. The van der Waals surface area contributed by atoms with Crippen molar-refractivity contribution in [3.8, 4) is 6.07 Å². The smallest absolute Gasteiger partial charge is 0.475 e. The van der Waals surface area contributed by atoms with Crippen LogP contribution in [0.4, 0.5) is 13.2 Å². The fraction of sp³-hybridized carbons (Fsp3) is 0.417. The Morgan fingerprint density at radius 2 is 2.00 bits per heavy atom. The second-order valence-corrected chi connectivity index (χ2v) is 8.22. The van der Waals surface area contributed by atoms with E-state index in [0.29, 0.717) is 43.3 Å². The van der Waals surface area contributed by atoms with Crippen LogP contribution in [0, 0.1) is 17.2 Å². The van der Waals surface area contributed by atoms with Gasteiger partial charge in [-0.05, 0) is 49.1 Å². The molecule has 0 bridgehead atoms. The number of nitriles is 1. The highest BCUT2D eigenvalue weighted by Gasteiger charge is 2.54. The van der Waals surface area contributed by atoms with Gasteiger partial charge in [-0.3, -0.25) is 9.78 Å². The van der Waals surface area contributed by atoms with Gasteiger partial charge in [0.1, 0.15) is 5.60 Å². The maximum absolute atomic E-state index is 12.7. The number of hydrogen-bond acceptors (Lipinski definition) is 6. The summed E-state index contributed by atoms with van der Waals surface area (Å²) in [4.78, 5) is 27.7. The van der Waals surface area contributed by atoms with Gasteiger partial charge >= 0.3 is 12.1 Å². The fourth-order valence-corrected chi connectivity index (χ4v) is 4.08. The third-order valence-electron chi connectivity index (χ3n) is 5.87. The van der Waals surface area contributed by atoms with Gasteiger partial charge in [0, 0.05) is 25.0 Å². The molecule has 35 heavy (non-hydrogen) atoms. The molecule has 1 aromatic heterocycles. The highest BCUT2D eigenvalue weighted by atomic mass is 19.4. The molecule has 4 rings (SSSR count). The number of hydrogen-bond donors (Lipinski definition) is 1. The molecule has 186 valence electrons. The van der Waals surface area contributed by atoms with E-state index in [1.807, 2.05) is 23.1 Å². The van der Waals surface area contributed by atoms with Crippen molar-refractivity contribution in [2.75, 3.05) is 26.3 Å². The lowest BCUT2D eigenvalue weighted by molar-refractivity contribution is -0.192. The molecule has 1 amide bonds. The van der Waals surface area contributed by atoms with Gasteiger partial charge in [0.25, 0.3) is 5.91 Å². The van der Waals surface area contributed by atoms with Crippen LogP contribution >= 0.6 is 0 Å². The first kappa shape index (κ1) is 26.1. The Bertz CT molecular complexity index is 1070. The Hall–Kier alpha value is -3.49. The van der Waals surface area contributed by atoms with E-state index in [0.717, 1.165) is 25.1 Å². The highest BCUT2D eigenvalue weighted by molar-refractivity contribution is 5.95. The van der Waals surface area contributed by atoms with Gasteiger partial charge in [-0.1, -0.05) is 12.1 Å². The minimum atomic E-state index is -5.08. The van der Waals surface area contributed by atoms with Gasteiger partial charge in [-0.2, -0.15) is 18.4 Å². The summed E-state index contributed by atoms with van der Waals surface area (Å²) >= 11 is 0. The second kappa shape index (κ2) is 11.3. The van der Waals surface area contributed by atoms with Crippen molar-refractivity contribution in [3.05, 3.63) is 65.5 Å². The van der Waals surface area contributed by atoms with Gasteiger partial charge in [0.2, 0.25) is 0 Å². The first-order valence-electron chi connectivity index (χ1n) is 10.9. The zero-order chi connectivity index (χ0) is 25.5. The molecular weight excluding hydrogens is 467 g/mol. The molecule has 2 saturated heterocycles. The lowest BCUT2D eigenvalue weighted by atomic mass is 9.79. The maximum Gasteiger partial charge on any atom is 0.490 e. The lowest BCUT2D eigenvalue weighted by Crippen LogP contribution is -2.66. The first-order valence-corrected chi connectivity index (χ1v) is 10.9. The summed E-state index contributed by atoms with van der Waals surface area (Å²) in [5.41, 5.74) is 1.75. The number of carbonyl (C=O) groups excluding carboxylic acids is 1.